The molecule has 0 aliphatic heterocycles. The number of fused-ring (bicyclic) bond motifs is 6. The van der Waals surface area contributed by atoms with Gasteiger partial charge in [-0.3, -0.25) is 0 Å². The van der Waals surface area contributed by atoms with Gasteiger partial charge in [0.15, 0.2) is 5.82 Å². The molecule has 10 aromatic rings. The molecule has 1 aliphatic carbocycles. The molecule has 2 heteroatoms. The summed E-state index contributed by atoms with van der Waals surface area (Å²) in [6.07, 6.45) is 0. The van der Waals surface area contributed by atoms with Crippen molar-refractivity contribution in [3.8, 4) is 78.4 Å². The van der Waals surface area contributed by atoms with Crippen LogP contribution in [0.15, 0.2) is 206 Å². The van der Waals surface area contributed by atoms with Crippen molar-refractivity contribution in [1.29, 1.82) is 0 Å². The van der Waals surface area contributed by atoms with E-state index in [4.69, 9.17) is 9.97 Å². The third kappa shape index (κ3) is 5.87. The van der Waals surface area contributed by atoms with E-state index >= 15 is 0 Å². The van der Waals surface area contributed by atoms with Crippen molar-refractivity contribution in [3.63, 3.8) is 0 Å². The van der Waals surface area contributed by atoms with Crippen LogP contribution in [0.1, 0.15) is 25.0 Å². The minimum absolute atomic E-state index is 0.0844. The predicted octanol–water partition coefficient (Wildman–Crippen LogP) is 15.1. The summed E-state index contributed by atoms with van der Waals surface area (Å²) in [6.45, 7) is 4.71. The van der Waals surface area contributed by atoms with Crippen molar-refractivity contribution in [2.24, 2.45) is 0 Å². The molecule has 0 N–H and O–H groups in total. The first-order valence-corrected chi connectivity index (χ1v) is 20.4. The van der Waals surface area contributed by atoms with Crippen LogP contribution in [0.5, 0.6) is 0 Å². The van der Waals surface area contributed by atoms with E-state index in [0.29, 0.717) is 5.82 Å². The average Bonchev–Trinajstić information content (AvgIpc) is 3.54. The van der Waals surface area contributed by atoms with Gasteiger partial charge in [-0.1, -0.05) is 196 Å². The third-order valence-corrected chi connectivity index (χ3v) is 12.3. The molecule has 0 fully saturated rings. The Morgan fingerprint density at radius 3 is 1.61 bits per heavy atom. The van der Waals surface area contributed by atoms with E-state index in [1.807, 2.05) is 0 Å². The maximum atomic E-state index is 5.48. The number of nitrogens with zero attached hydrogens (tertiary/aromatic N) is 2. The standard InChI is InChI=1S/C57H40N2/c1-57(2)51-32-28-42(35-50(51)55-45-23-13-12-20-39(45)27-33-52(55)57)44-30-31-48(47-25-15-14-24-46(44)47)56-58-53(40-21-10-5-11-22-40)36-54(59-56)49-34-41(37-16-6-3-7-17-37)26-29-43(49)38-18-8-4-9-19-38/h3-36H,1-2H3. The zero-order chi connectivity index (χ0) is 39.5. The van der Waals surface area contributed by atoms with Gasteiger partial charge in [-0.15, -0.1) is 0 Å². The first-order valence-electron chi connectivity index (χ1n) is 20.4. The second-order valence-corrected chi connectivity index (χ2v) is 16.1. The summed E-state index contributed by atoms with van der Waals surface area (Å²) in [7, 11) is 0. The second kappa shape index (κ2) is 13.9. The van der Waals surface area contributed by atoms with Gasteiger partial charge in [0.05, 0.1) is 11.4 Å². The normalized spacial score (nSPS) is 12.7. The van der Waals surface area contributed by atoms with Gasteiger partial charge < -0.3 is 0 Å². The van der Waals surface area contributed by atoms with Crippen LogP contribution in [-0.4, -0.2) is 9.97 Å². The van der Waals surface area contributed by atoms with Crippen molar-refractivity contribution in [3.05, 3.63) is 217 Å². The van der Waals surface area contributed by atoms with Crippen LogP contribution in [0.2, 0.25) is 0 Å². The van der Waals surface area contributed by atoms with Crippen LogP contribution in [-0.2, 0) is 5.41 Å². The minimum Gasteiger partial charge on any atom is -0.228 e. The van der Waals surface area contributed by atoms with Gasteiger partial charge in [-0.05, 0) is 101 Å². The number of hydrogen-bond acceptors (Lipinski definition) is 2. The van der Waals surface area contributed by atoms with Gasteiger partial charge >= 0.3 is 0 Å². The first kappa shape index (κ1) is 34.8. The van der Waals surface area contributed by atoms with Crippen molar-refractivity contribution >= 4 is 21.5 Å². The van der Waals surface area contributed by atoms with Crippen LogP contribution in [0.4, 0.5) is 0 Å². The van der Waals surface area contributed by atoms with Gasteiger partial charge in [0, 0.05) is 22.1 Å². The van der Waals surface area contributed by atoms with Gasteiger partial charge in [-0.25, -0.2) is 9.97 Å². The van der Waals surface area contributed by atoms with E-state index in [9.17, 15) is 0 Å². The first-order chi connectivity index (χ1) is 29.0. The molecule has 0 amide bonds. The van der Waals surface area contributed by atoms with Crippen molar-refractivity contribution in [1.82, 2.24) is 9.97 Å². The lowest BCUT2D eigenvalue weighted by Gasteiger charge is -2.22. The molecule has 0 bridgehead atoms. The third-order valence-electron chi connectivity index (χ3n) is 12.3. The number of hydrogen-bond donors (Lipinski definition) is 0. The summed E-state index contributed by atoms with van der Waals surface area (Å²) >= 11 is 0. The summed E-state index contributed by atoms with van der Waals surface area (Å²) in [5, 5.41) is 4.88. The average molecular weight is 753 g/mol. The monoisotopic (exact) mass is 752 g/mol. The highest BCUT2D eigenvalue weighted by atomic mass is 14.9. The highest BCUT2D eigenvalue weighted by Crippen LogP contribution is 2.52. The molecular formula is C57H40N2. The van der Waals surface area contributed by atoms with Crippen LogP contribution in [0, 0.1) is 0 Å². The molecule has 9 aromatic carbocycles. The summed E-state index contributed by atoms with van der Waals surface area (Å²) < 4.78 is 0. The molecular weight excluding hydrogens is 713 g/mol. The van der Waals surface area contributed by atoms with Crippen LogP contribution in [0.25, 0.3) is 100.0 Å². The molecule has 1 heterocycles. The van der Waals surface area contributed by atoms with Gasteiger partial charge in [0.2, 0.25) is 0 Å². The number of rotatable bonds is 6. The van der Waals surface area contributed by atoms with E-state index in [-0.39, 0.29) is 5.41 Å². The maximum absolute atomic E-state index is 5.48. The topological polar surface area (TPSA) is 25.8 Å². The zero-order valence-electron chi connectivity index (χ0n) is 33.0. The fourth-order valence-electron chi connectivity index (χ4n) is 9.34. The van der Waals surface area contributed by atoms with Crippen molar-refractivity contribution < 1.29 is 0 Å². The Kier molecular flexibility index (Phi) is 8.20. The van der Waals surface area contributed by atoms with E-state index in [1.165, 1.54) is 55.1 Å². The molecule has 11 rings (SSSR count). The molecule has 278 valence electrons. The molecule has 1 aliphatic rings. The summed E-state index contributed by atoms with van der Waals surface area (Å²) in [5.41, 5.74) is 17.2. The summed E-state index contributed by atoms with van der Waals surface area (Å²) in [6, 6.07) is 74.3. The maximum Gasteiger partial charge on any atom is 0.161 e. The molecule has 0 radical (unpaired) electrons. The minimum atomic E-state index is -0.0844. The molecule has 0 spiro atoms. The Balaban J connectivity index is 1.11. The molecule has 2 nitrogen and oxygen atoms in total. The fraction of sp³-hybridized carbons (Fsp3) is 0.0526. The van der Waals surface area contributed by atoms with Crippen LogP contribution >= 0.6 is 0 Å². The highest BCUT2D eigenvalue weighted by Gasteiger charge is 2.36. The lowest BCUT2D eigenvalue weighted by Crippen LogP contribution is -2.14. The van der Waals surface area contributed by atoms with Crippen LogP contribution in [0.3, 0.4) is 0 Å². The lowest BCUT2D eigenvalue weighted by atomic mass is 9.81. The summed E-state index contributed by atoms with van der Waals surface area (Å²) in [5.74, 6) is 0.698. The Morgan fingerprint density at radius 2 is 0.864 bits per heavy atom. The highest BCUT2D eigenvalue weighted by molar-refractivity contribution is 6.07. The zero-order valence-corrected chi connectivity index (χ0v) is 33.0. The Morgan fingerprint density at radius 1 is 0.322 bits per heavy atom. The van der Waals surface area contributed by atoms with Gasteiger partial charge in [0.1, 0.15) is 0 Å². The van der Waals surface area contributed by atoms with Crippen molar-refractivity contribution in [2.45, 2.75) is 19.3 Å². The molecule has 59 heavy (non-hydrogen) atoms. The van der Waals surface area contributed by atoms with Crippen molar-refractivity contribution in [2.75, 3.05) is 0 Å². The molecule has 0 saturated heterocycles. The molecule has 0 unspecified atom stereocenters. The number of aromatic nitrogens is 2. The van der Waals surface area contributed by atoms with Gasteiger partial charge in [0.25, 0.3) is 0 Å². The quantitative estimate of drug-likeness (QED) is 0.169. The summed E-state index contributed by atoms with van der Waals surface area (Å²) in [4.78, 5) is 10.8. The Hall–Kier alpha value is -7.42. The molecule has 0 atom stereocenters. The van der Waals surface area contributed by atoms with E-state index in [0.717, 1.165) is 50.2 Å². The van der Waals surface area contributed by atoms with Gasteiger partial charge in [-0.2, -0.15) is 0 Å². The van der Waals surface area contributed by atoms with E-state index < -0.39 is 0 Å². The Labute approximate surface area is 345 Å². The van der Waals surface area contributed by atoms with E-state index in [1.54, 1.807) is 0 Å². The number of benzene rings is 9. The van der Waals surface area contributed by atoms with E-state index in [2.05, 4.69) is 220 Å². The smallest absolute Gasteiger partial charge is 0.161 e. The predicted molar refractivity (Wildman–Crippen MR) is 247 cm³/mol. The SMILES string of the molecule is CC1(C)c2ccc(-c3ccc(-c4nc(-c5ccccc5)cc(-c5cc(-c6ccccc6)ccc5-c5ccccc5)n4)c4ccccc34)cc2-c2c1ccc1ccccc21. The largest absolute Gasteiger partial charge is 0.228 e. The fourth-order valence-corrected chi connectivity index (χ4v) is 9.34. The molecule has 1 aromatic heterocycles. The lowest BCUT2D eigenvalue weighted by molar-refractivity contribution is 0.661. The molecule has 0 saturated carbocycles. The Bertz CT molecular complexity index is 3220. The second-order valence-electron chi connectivity index (χ2n) is 16.1. The van der Waals surface area contributed by atoms with Crippen LogP contribution < -0.4 is 0 Å².